The van der Waals surface area contributed by atoms with Crippen molar-refractivity contribution in [2.45, 2.75) is 13.3 Å². The van der Waals surface area contributed by atoms with Crippen LogP contribution >= 0.6 is 11.6 Å². The number of hydrogen-bond acceptors (Lipinski definition) is 2. The first kappa shape index (κ1) is 15.4. The number of carbonyl (C=O) groups excluding carboxylic acids is 1. The van der Waals surface area contributed by atoms with Crippen molar-refractivity contribution < 1.29 is 9.53 Å². The van der Waals surface area contributed by atoms with E-state index in [0.29, 0.717) is 11.6 Å². The van der Waals surface area contributed by atoms with Crippen molar-refractivity contribution in [2.75, 3.05) is 17.9 Å². The molecular weight excluding hydrogens is 286 g/mol. The number of amides is 1. The molecule has 0 saturated carbocycles. The summed E-state index contributed by atoms with van der Waals surface area (Å²) in [5.41, 5.74) is 2.74. The lowest BCUT2D eigenvalue weighted by molar-refractivity contribution is -0.117. The third kappa shape index (κ3) is 3.76. The number of methoxy groups -OCH3 is 1. The Labute approximate surface area is 130 Å². The van der Waals surface area contributed by atoms with Crippen molar-refractivity contribution in [2.24, 2.45) is 0 Å². The van der Waals surface area contributed by atoms with Crippen LogP contribution in [0.1, 0.15) is 12.0 Å². The van der Waals surface area contributed by atoms with Crippen LogP contribution in [0.4, 0.5) is 11.4 Å². The van der Waals surface area contributed by atoms with Gasteiger partial charge in [0.2, 0.25) is 5.91 Å². The maximum absolute atomic E-state index is 12.4. The van der Waals surface area contributed by atoms with Crippen molar-refractivity contribution in [3.05, 3.63) is 54.1 Å². The number of halogens is 1. The summed E-state index contributed by atoms with van der Waals surface area (Å²) in [6.07, 6.45) is 0.284. The molecule has 4 heteroatoms. The molecule has 0 aromatic heterocycles. The van der Waals surface area contributed by atoms with E-state index in [1.54, 1.807) is 12.0 Å². The minimum Gasteiger partial charge on any atom is -0.497 e. The summed E-state index contributed by atoms with van der Waals surface area (Å²) >= 11 is 5.73. The van der Waals surface area contributed by atoms with Gasteiger partial charge in [-0.05, 0) is 31.2 Å². The van der Waals surface area contributed by atoms with E-state index in [1.165, 1.54) is 0 Å². The Balaban J connectivity index is 2.44. The Bertz CT molecular complexity index is 610. The predicted octanol–water partition coefficient (Wildman–Crippen LogP) is 4.30. The summed E-state index contributed by atoms with van der Waals surface area (Å²) in [5, 5.41) is 0. The van der Waals surface area contributed by atoms with Crippen LogP contribution in [0.3, 0.4) is 0 Å². The summed E-state index contributed by atoms with van der Waals surface area (Å²) in [6.45, 7) is 2.01. The topological polar surface area (TPSA) is 29.5 Å². The Hall–Kier alpha value is -2.00. The molecule has 0 aliphatic carbocycles. The highest BCUT2D eigenvalue weighted by Gasteiger charge is 2.17. The Kier molecular flexibility index (Phi) is 5.23. The second kappa shape index (κ2) is 7.14. The zero-order valence-electron chi connectivity index (χ0n) is 12.2. The Morgan fingerprint density at radius 1 is 1.14 bits per heavy atom. The van der Waals surface area contributed by atoms with Gasteiger partial charge >= 0.3 is 0 Å². The maximum Gasteiger partial charge on any atom is 0.232 e. The predicted molar refractivity (Wildman–Crippen MR) is 86.7 cm³/mol. The number of benzene rings is 2. The fourth-order valence-corrected chi connectivity index (χ4v) is 2.23. The maximum atomic E-state index is 12.4. The molecule has 0 aliphatic rings. The van der Waals surface area contributed by atoms with Gasteiger partial charge in [0, 0.05) is 24.1 Å². The quantitative estimate of drug-likeness (QED) is 0.771. The van der Waals surface area contributed by atoms with Crippen molar-refractivity contribution >= 4 is 28.9 Å². The summed E-state index contributed by atoms with van der Waals surface area (Å²) < 4.78 is 5.24. The van der Waals surface area contributed by atoms with Crippen LogP contribution in [-0.2, 0) is 4.79 Å². The minimum atomic E-state index is -0.0397. The number of carbonyl (C=O) groups is 1. The molecular formula is C17H18ClNO2. The molecule has 0 saturated heterocycles. The molecule has 0 atom stereocenters. The number of anilines is 2. The molecule has 0 N–H and O–H groups in total. The van der Waals surface area contributed by atoms with Gasteiger partial charge in [-0.25, -0.2) is 0 Å². The van der Waals surface area contributed by atoms with E-state index in [1.807, 2.05) is 55.5 Å². The van der Waals surface area contributed by atoms with Gasteiger partial charge in [-0.2, -0.15) is 0 Å². The van der Waals surface area contributed by atoms with Crippen molar-refractivity contribution in [1.82, 2.24) is 0 Å². The fourth-order valence-electron chi connectivity index (χ4n) is 2.07. The monoisotopic (exact) mass is 303 g/mol. The highest BCUT2D eigenvalue weighted by atomic mass is 35.5. The van der Waals surface area contributed by atoms with E-state index in [0.717, 1.165) is 16.9 Å². The van der Waals surface area contributed by atoms with E-state index in [-0.39, 0.29) is 12.3 Å². The lowest BCUT2D eigenvalue weighted by Crippen LogP contribution is -2.26. The van der Waals surface area contributed by atoms with Crippen molar-refractivity contribution in [1.29, 1.82) is 0 Å². The second-order valence-corrected chi connectivity index (χ2v) is 5.08. The Morgan fingerprint density at radius 3 is 2.48 bits per heavy atom. The highest BCUT2D eigenvalue weighted by Crippen LogP contribution is 2.29. The number of rotatable bonds is 5. The number of aryl methyl sites for hydroxylation is 1. The fraction of sp³-hybridized carbons (Fsp3) is 0.235. The van der Waals surface area contributed by atoms with E-state index < -0.39 is 0 Å². The second-order valence-electron chi connectivity index (χ2n) is 4.71. The van der Waals surface area contributed by atoms with Gasteiger partial charge in [0.05, 0.1) is 12.8 Å². The largest absolute Gasteiger partial charge is 0.497 e. The van der Waals surface area contributed by atoms with E-state index >= 15 is 0 Å². The molecule has 0 spiro atoms. The van der Waals surface area contributed by atoms with Gasteiger partial charge in [-0.3, -0.25) is 9.69 Å². The number of nitrogens with zero attached hydrogens (tertiary/aromatic N) is 1. The smallest absolute Gasteiger partial charge is 0.232 e. The lowest BCUT2D eigenvalue weighted by atomic mass is 10.1. The van der Waals surface area contributed by atoms with E-state index in [4.69, 9.17) is 16.3 Å². The van der Waals surface area contributed by atoms with Crippen LogP contribution in [0.2, 0.25) is 0 Å². The molecule has 2 aromatic rings. The van der Waals surface area contributed by atoms with Crippen LogP contribution in [0.5, 0.6) is 5.75 Å². The number of alkyl halides is 1. The molecule has 110 valence electrons. The summed E-state index contributed by atoms with van der Waals surface area (Å²) in [6, 6.07) is 15.3. The van der Waals surface area contributed by atoms with Gasteiger partial charge in [0.15, 0.2) is 0 Å². The van der Waals surface area contributed by atoms with Gasteiger partial charge < -0.3 is 4.74 Å². The summed E-state index contributed by atoms with van der Waals surface area (Å²) in [7, 11) is 1.61. The normalized spacial score (nSPS) is 10.2. The average molecular weight is 304 g/mol. The zero-order valence-corrected chi connectivity index (χ0v) is 12.9. The molecule has 0 fully saturated rings. The van der Waals surface area contributed by atoms with Crippen molar-refractivity contribution in [3.8, 4) is 5.75 Å². The average Bonchev–Trinajstić information content (AvgIpc) is 2.50. The minimum absolute atomic E-state index is 0.0397. The SMILES string of the molecule is COc1cccc(N(C(=O)CCCl)c2ccc(C)cc2)c1. The van der Waals surface area contributed by atoms with Gasteiger partial charge in [-0.1, -0.05) is 23.8 Å². The van der Waals surface area contributed by atoms with Gasteiger partial charge in [0.1, 0.15) is 5.75 Å². The van der Waals surface area contributed by atoms with Crippen LogP contribution in [0, 0.1) is 6.92 Å². The van der Waals surface area contributed by atoms with Gasteiger partial charge in [-0.15, -0.1) is 11.6 Å². The first-order valence-electron chi connectivity index (χ1n) is 6.75. The van der Waals surface area contributed by atoms with E-state index in [9.17, 15) is 4.79 Å². The van der Waals surface area contributed by atoms with Crippen LogP contribution in [-0.4, -0.2) is 18.9 Å². The molecule has 2 aromatic carbocycles. The first-order valence-corrected chi connectivity index (χ1v) is 7.29. The molecule has 1 amide bonds. The molecule has 2 rings (SSSR count). The van der Waals surface area contributed by atoms with Crippen LogP contribution in [0.15, 0.2) is 48.5 Å². The first-order chi connectivity index (χ1) is 10.2. The molecule has 0 unspecified atom stereocenters. The van der Waals surface area contributed by atoms with Crippen LogP contribution in [0.25, 0.3) is 0 Å². The van der Waals surface area contributed by atoms with Crippen LogP contribution < -0.4 is 9.64 Å². The molecule has 0 radical (unpaired) electrons. The van der Waals surface area contributed by atoms with Gasteiger partial charge in [0.25, 0.3) is 0 Å². The van der Waals surface area contributed by atoms with E-state index in [2.05, 4.69) is 0 Å². The lowest BCUT2D eigenvalue weighted by Gasteiger charge is -2.23. The third-order valence-corrected chi connectivity index (χ3v) is 3.35. The molecule has 21 heavy (non-hydrogen) atoms. The molecule has 0 bridgehead atoms. The highest BCUT2D eigenvalue weighted by molar-refractivity contribution is 6.19. The number of hydrogen-bond donors (Lipinski definition) is 0. The Morgan fingerprint density at radius 2 is 1.86 bits per heavy atom. The zero-order chi connectivity index (χ0) is 15.2. The molecule has 0 heterocycles. The van der Waals surface area contributed by atoms with Crippen molar-refractivity contribution in [3.63, 3.8) is 0 Å². The third-order valence-electron chi connectivity index (χ3n) is 3.16. The number of ether oxygens (including phenoxy) is 1. The summed E-state index contributed by atoms with van der Waals surface area (Å²) in [4.78, 5) is 14.1. The molecule has 0 aliphatic heterocycles. The standard InChI is InChI=1S/C17H18ClNO2/c1-13-6-8-14(9-7-13)19(17(20)10-11-18)15-4-3-5-16(12-15)21-2/h3-9,12H,10-11H2,1-2H3. The molecule has 3 nitrogen and oxygen atoms in total. The summed E-state index contributed by atoms with van der Waals surface area (Å²) in [5.74, 6) is 0.968.